The summed E-state index contributed by atoms with van der Waals surface area (Å²) >= 11 is 0. The van der Waals surface area contributed by atoms with Gasteiger partial charge in [-0.2, -0.15) is 0 Å². The molecule has 17 heavy (non-hydrogen) atoms. The summed E-state index contributed by atoms with van der Waals surface area (Å²) in [7, 11) is 1.36. The Morgan fingerprint density at radius 3 is 2.94 bits per heavy atom. The molecule has 1 unspecified atom stereocenters. The third kappa shape index (κ3) is 3.47. The van der Waals surface area contributed by atoms with E-state index in [1.807, 2.05) is 0 Å². The molecule has 3 N–H and O–H groups in total. The van der Waals surface area contributed by atoms with E-state index in [1.165, 1.54) is 19.2 Å². The number of benzene rings is 1. The first kappa shape index (κ1) is 13.0. The number of halogens is 1. The smallest absolute Gasteiger partial charge is 0.242 e. The summed E-state index contributed by atoms with van der Waals surface area (Å²) in [4.78, 5) is 11.5. The van der Waals surface area contributed by atoms with E-state index in [1.54, 1.807) is 0 Å². The van der Waals surface area contributed by atoms with Crippen LogP contribution < -0.4 is 15.8 Å². The van der Waals surface area contributed by atoms with E-state index in [-0.39, 0.29) is 12.2 Å². The highest BCUT2D eigenvalue weighted by Crippen LogP contribution is 2.20. The van der Waals surface area contributed by atoms with Gasteiger partial charge in [0.2, 0.25) is 5.91 Å². The standard InChI is InChI=1S/C12H13FN2O2/c1-3-4-10(14)12(16)15-8-5-6-11(17-2)9(13)7-8/h1,5-7,10H,4,14H2,2H3,(H,15,16). The molecule has 0 saturated carbocycles. The summed E-state index contributed by atoms with van der Waals surface area (Å²) in [6.45, 7) is 0. The SMILES string of the molecule is C#CCC(N)C(=O)Nc1ccc(OC)c(F)c1. The van der Waals surface area contributed by atoms with E-state index in [0.717, 1.165) is 6.07 Å². The monoisotopic (exact) mass is 236 g/mol. The van der Waals surface area contributed by atoms with Crippen LogP contribution in [0.4, 0.5) is 10.1 Å². The van der Waals surface area contributed by atoms with Gasteiger partial charge in [0, 0.05) is 18.2 Å². The number of nitrogens with one attached hydrogen (secondary N) is 1. The molecule has 0 fully saturated rings. The number of carbonyl (C=O) groups excluding carboxylic acids is 1. The van der Waals surface area contributed by atoms with Gasteiger partial charge in [0.15, 0.2) is 11.6 Å². The van der Waals surface area contributed by atoms with Gasteiger partial charge in [-0.05, 0) is 12.1 Å². The molecule has 0 aliphatic rings. The molecule has 0 heterocycles. The van der Waals surface area contributed by atoms with Crippen molar-refractivity contribution in [2.75, 3.05) is 12.4 Å². The molecule has 90 valence electrons. The van der Waals surface area contributed by atoms with Gasteiger partial charge in [-0.25, -0.2) is 4.39 Å². The Morgan fingerprint density at radius 1 is 1.71 bits per heavy atom. The molecule has 1 atom stereocenters. The fourth-order valence-corrected chi connectivity index (χ4v) is 1.20. The van der Waals surface area contributed by atoms with Crippen LogP contribution in [-0.4, -0.2) is 19.1 Å². The first-order valence-corrected chi connectivity index (χ1v) is 4.92. The zero-order chi connectivity index (χ0) is 12.8. The van der Waals surface area contributed by atoms with Crippen LogP contribution >= 0.6 is 0 Å². The molecule has 0 radical (unpaired) electrons. The number of methoxy groups -OCH3 is 1. The molecule has 0 spiro atoms. The number of anilines is 1. The minimum absolute atomic E-state index is 0.107. The zero-order valence-corrected chi connectivity index (χ0v) is 9.37. The van der Waals surface area contributed by atoms with Gasteiger partial charge in [-0.15, -0.1) is 12.3 Å². The third-order valence-electron chi connectivity index (χ3n) is 2.09. The van der Waals surface area contributed by atoms with Gasteiger partial charge in [-0.3, -0.25) is 4.79 Å². The fourth-order valence-electron chi connectivity index (χ4n) is 1.20. The second-order valence-electron chi connectivity index (χ2n) is 3.35. The van der Waals surface area contributed by atoms with Crippen LogP contribution in [-0.2, 0) is 4.79 Å². The van der Waals surface area contributed by atoms with Crippen molar-refractivity contribution >= 4 is 11.6 Å². The average molecular weight is 236 g/mol. The Kier molecular flexibility index (Phi) is 4.49. The van der Waals surface area contributed by atoms with Crippen LogP contribution in [0.3, 0.4) is 0 Å². The highest BCUT2D eigenvalue weighted by molar-refractivity contribution is 5.94. The lowest BCUT2D eigenvalue weighted by Gasteiger charge is -2.10. The molecule has 0 saturated heterocycles. The molecular weight excluding hydrogens is 223 g/mol. The summed E-state index contributed by atoms with van der Waals surface area (Å²) in [6, 6.07) is 3.28. The molecule has 5 heteroatoms. The minimum atomic E-state index is -0.801. The van der Waals surface area contributed by atoms with E-state index < -0.39 is 17.8 Å². The van der Waals surface area contributed by atoms with Crippen LogP contribution in [0.2, 0.25) is 0 Å². The van der Waals surface area contributed by atoms with Crippen LogP contribution in [0.25, 0.3) is 0 Å². The van der Waals surface area contributed by atoms with E-state index in [2.05, 4.69) is 11.2 Å². The number of nitrogens with two attached hydrogens (primary N) is 1. The van der Waals surface area contributed by atoms with Crippen molar-refractivity contribution in [3.63, 3.8) is 0 Å². The second kappa shape index (κ2) is 5.87. The molecule has 0 aliphatic carbocycles. The molecule has 0 aliphatic heterocycles. The second-order valence-corrected chi connectivity index (χ2v) is 3.35. The number of rotatable bonds is 4. The summed E-state index contributed by atoms with van der Waals surface area (Å²) in [6.07, 6.45) is 5.17. The lowest BCUT2D eigenvalue weighted by molar-refractivity contribution is -0.117. The van der Waals surface area contributed by atoms with Crippen molar-refractivity contribution in [2.45, 2.75) is 12.5 Å². The average Bonchev–Trinajstić information content (AvgIpc) is 2.29. The Hall–Kier alpha value is -2.06. The molecule has 0 aromatic heterocycles. The van der Waals surface area contributed by atoms with Crippen LogP contribution in [0.15, 0.2) is 18.2 Å². The van der Waals surface area contributed by atoms with Gasteiger partial charge >= 0.3 is 0 Å². The van der Waals surface area contributed by atoms with Crippen LogP contribution in [0.5, 0.6) is 5.75 Å². The number of amides is 1. The molecule has 1 amide bonds. The Bertz CT molecular complexity index is 454. The first-order chi connectivity index (χ1) is 8.08. The van der Waals surface area contributed by atoms with Gasteiger partial charge in [0.05, 0.1) is 13.2 Å². The highest BCUT2D eigenvalue weighted by Gasteiger charge is 2.13. The zero-order valence-electron chi connectivity index (χ0n) is 9.37. The number of terminal acetylenes is 1. The van der Waals surface area contributed by atoms with Crippen molar-refractivity contribution in [3.8, 4) is 18.1 Å². The van der Waals surface area contributed by atoms with Crippen molar-refractivity contribution < 1.29 is 13.9 Å². The summed E-state index contributed by atoms with van der Waals surface area (Å²) < 4.78 is 18.1. The maximum atomic E-state index is 13.3. The molecule has 1 aromatic rings. The van der Waals surface area contributed by atoms with Gasteiger partial charge in [-0.1, -0.05) is 0 Å². The quantitative estimate of drug-likeness (QED) is 0.770. The topological polar surface area (TPSA) is 64.4 Å². The third-order valence-corrected chi connectivity index (χ3v) is 2.09. The van der Waals surface area contributed by atoms with E-state index in [9.17, 15) is 9.18 Å². The maximum absolute atomic E-state index is 13.3. The number of hydrogen-bond donors (Lipinski definition) is 2. The van der Waals surface area contributed by atoms with E-state index in [0.29, 0.717) is 5.69 Å². The minimum Gasteiger partial charge on any atom is -0.494 e. The van der Waals surface area contributed by atoms with E-state index >= 15 is 0 Å². The molecular formula is C12H13FN2O2. The maximum Gasteiger partial charge on any atom is 0.242 e. The van der Waals surface area contributed by atoms with Gasteiger partial charge in [0.25, 0.3) is 0 Å². The summed E-state index contributed by atoms with van der Waals surface area (Å²) in [5, 5.41) is 2.46. The molecule has 1 rings (SSSR count). The first-order valence-electron chi connectivity index (χ1n) is 4.92. The lowest BCUT2D eigenvalue weighted by Crippen LogP contribution is -2.35. The molecule has 4 nitrogen and oxygen atoms in total. The van der Waals surface area contributed by atoms with Crippen molar-refractivity contribution in [2.24, 2.45) is 5.73 Å². The van der Waals surface area contributed by atoms with Crippen molar-refractivity contribution in [1.29, 1.82) is 0 Å². The lowest BCUT2D eigenvalue weighted by atomic mass is 10.2. The van der Waals surface area contributed by atoms with Gasteiger partial charge < -0.3 is 15.8 Å². The van der Waals surface area contributed by atoms with Crippen molar-refractivity contribution in [3.05, 3.63) is 24.0 Å². The predicted octanol–water partition coefficient (Wildman–Crippen LogP) is 1.12. The number of ether oxygens (including phenoxy) is 1. The normalized spacial score (nSPS) is 11.4. The van der Waals surface area contributed by atoms with Crippen molar-refractivity contribution in [1.82, 2.24) is 0 Å². The summed E-state index contributed by atoms with van der Waals surface area (Å²) in [5.74, 6) is 1.38. The molecule has 1 aromatic carbocycles. The Labute approximate surface area is 99.0 Å². The number of carbonyl (C=O) groups is 1. The van der Waals surface area contributed by atoms with Crippen LogP contribution in [0.1, 0.15) is 6.42 Å². The Balaban J connectivity index is 2.73. The van der Waals surface area contributed by atoms with Gasteiger partial charge in [0.1, 0.15) is 0 Å². The fraction of sp³-hybridized carbons (Fsp3) is 0.250. The largest absolute Gasteiger partial charge is 0.494 e. The van der Waals surface area contributed by atoms with E-state index in [4.69, 9.17) is 16.9 Å². The number of hydrogen-bond acceptors (Lipinski definition) is 3. The highest BCUT2D eigenvalue weighted by atomic mass is 19.1. The Morgan fingerprint density at radius 2 is 2.41 bits per heavy atom. The molecule has 0 bridgehead atoms. The predicted molar refractivity (Wildman–Crippen MR) is 63.0 cm³/mol. The van der Waals surface area contributed by atoms with Crippen LogP contribution in [0, 0.1) is 18.2 Å². The summed E-state index contributed by atoms with van der Waals surface area (Å²) in [5.41, 5.74) is 5.80.